The average molecular weight is 183 g/mol. The van der Waals surface area contributed by atoms with E-state index in [4.69, 9.17) is 14.2 Å². The molecule has 1 unspecified atom stereocenters. The third-order valence-corrected chi connectivity index (χ3v) is 2.04. The molecule has 72 valence electrons. The smallest absolute Gasteiger partial charge is 0.237 e. The van der Waals surface area contributed by atoms with Crippen LogP contribution in [0.4, 0.5) is 0 Å². The minimum Gasteiger partial charge on any atom is -0.484 e. The van der Waals surface area contributed by atoms with E-state index in [1.807, 2.05) is 23.9 Å². The van der Waals surface area contributed by atoms with E-state index in [0.717, 1.165) is 11.6 Å². The van der Waals surface area contributed by atoms with Crippen molar-refractivity contribution in [3.8, 4) is 11.6 Å². The van der Waals surface area contributed by atoms with Crippen LogP contribution in [0.1, 0.15) is 0 Å². The van der Waals surface area contributed by atoms with Gasteiger partial charge in [-0.15, -0.1) is 0 Å². The first-order chi connectivity index (χ1) is 6.31. The minimum atomic E-state index is 0.00565. The van der Waals surface area contributed by atoms with Gasteiger partial charge in [0.25, 0.3) is 0 Å². The molecule has 0 amide bonds. The van der Waals surface area contributed by atoms with Crippen molar-refractivity contribution in [2.75, 3.05) is 20.3 Å². The van der Waals surface area contributed by atoms with Crippen LogP contribution in [-0.2, 0) is 11.8 Å². The summed E-state index contributed by atoms with van der Waals surface area (Å²) in [5.41, 5.74) is 0. The number of ether oxygens (including phenoxy) is 3. The predicted octanol–water partition coefficient (Wildman–Crippen LogP) is 0.811. The molecule has 1 aliphatic heterocycles. The number of nitrogens with zero attached hydrogens (tertiary/aromatic N) is 1. The summed E-state index contributed by atoms with van der Waals surface area (Å²) in [6.45, 7) is 1.12. The van der Waals surface area contributed by atoms with E-state index in [9.17, 15) is 0 Å². The topological polar surface area (TPSA) is 32.6 Å². The molecule has 0 saturated heterocycles. The average Bonchev–Trinajstić information content (AvgIpc) is 2.49. The Morgan fingerprint density at radius 1 is 1.69 bits per heavy atom. The van der Waals surface area contributed by atoms with Crippen molar-refractivity contribution in [3.63, 3.8) is 0 Å². The quantitative estimate of drug-likeness (QED) is 0.680. The number of hydrogen-bond donors (Lipinski definition) is 0. The zero-order valence-electron chi connectivity index (χ0n) is 7.82. The van der Waals surface area contributed by atoms with Gasteiger partial charge in [-0.25, -0.2) is 0 Å². The Morgan fingerprint density at radius 3 is 3.31 bits per heavy atom. The fourth-order valence-corrected chi connectivity index (χ4v) is 1.39. The molecule has 4 heteroatoms. The lowest BCUT2D eigenvalue weighted by Gasteiger charge is -2.24. The SMILES string of the molecule is COCC1COc2ccn(C)c2O1. The van der Waals surface area contributed by atoms with Crippen LogP contribution in [0.3, 0.4) is 0 Å². The number of aryl methyl sites for hydroxylation is 1. The number of aromatic nitrogens is 1. The van der Waals surface area contributed by atoms with Gasteiger partial charge in [-0.3, -0.25) is 0 Å². The highest BCUT2D eigenvalue weighted by Crippen LogP contribution is 2.31. The van der Waals surface area contributed by atoms with Crippen molar-refractivity contribution in [1.29, 1.82) is 0 Å². The minimum absolute atomic E-state index is 0.00565. The van der Waals surface area contributed by atoms with Crippen molar-refractivity contribution >= 4 is 0 Å². The molecule has 0 N–H and O–H groups in total. The summed E-state index contributed by atoms with van der Waals surface area (Å²) in [4.78, 5) is 0. The van der Waals surface area contributed by atoms with Gasteiger partial charge in [-0.2, -0.15) is 0 Å². The standard InChI is InChI=1S/C9H13NO3/c1-10-4-3-8-9(10)13-7(5-11-2)6-12-8/h3-4,7H,5-6H2,1-2H3. The van der Waals surface area contributed by atoms with Crippen LogP contribution in [0.15, 0.2) is 12.3 Å². The third kappa shape index (κ3) is 1.49. The van der Waals surface area contributed by atoms with Gasteiger partial charge in [0.05, 0.1) is 6.61 Å². The molecule has 2 heterocycles. The van der Waals surface area contributed by atoms with Gasteiger partial charge < -0.3 is 18.8 Å². The van der Waals surface area contributed by atoms with Crippen LogP contribution in [0.5, 0.6) is 11.6 Å². The van der Waals surface area contributed by atoms with Crippen molar-refractivity contribution in [1.82, 2.24) is 4.57 Å². The molecule has 1 aromatic heterocycles. The predicted molar refractivity (Wildman–Crippen MR) is 47.2 cm³/mol. The molecular formula is C9H13NO3. The summed E-state index contributed by atoms with van der Waals surface area (Å²) in [6.07, 6.45) is 1.92. The second-order valence-electron chi connectivity index (χ2n) is 3.10. The van der Waals surface area contributed by atoms with E-state index >= 15 is 0 Å². The number of methoxy groups -OCH3 is 1. The molecule has 0 spiro atoms. The maximum Gasteiger partial charge on any atom is 0.237 e. The van der Waals surface area contributed by atoms with Crippen LogP contribution in [0.2, 0.25) is 0 Å². The van der Waals surface area contributed by atoms with Gasteiger partial charge in [-0.05, 0) is 0 Å². The molecule has 0 bridgehead atoms. The first-order valence-corrected chi connectivity index (χ1v) is 4.25. The maximum absolute atomic E-state index is 5.66. The Hall–Kier alpha value is -1.16. The molecule has 0 saturated carbocycles. The monoisotopic (exact) mass is 183 g/mol. The molecule has 2 rings (SSSR count). The van der Waals surface area contributed by atoms with Crippen LogP contribution < -0.4 is 9.47 Å². The lowest BCUT2D eigenvalue weighted by Crippen LogP contribution is -2.33. The van der Waals surface area contributed by atoms with E-state index in [0.29, 0.717) is 13.2 Å². The maximum atomic E-state index is 5.66. The summed E-state index contributed by atoms with van der Waals surface area (Å²) in [6, 6.07) is 1.90. The summed E-state index contributed by atoms with van der Waals surface area (Å²) in [5, 5.41) is 0. The molecule has 0 fully saturated rings. The van der Waals surface area contributed by atoms with Gasteiger partial charge in [0.1, 0.15) is 6.61 Å². The van der Waals surface area contributed by atoms with E-state index in [1.165, 1.54) is 0 Å². The summed E-state index contributed by atoms with van der Waals surface area (Å²) in [5.74, 6) is 1.60. The first kappa shape index (κ1) is 8.44. The van der Waals surface area contributed by atoms with E-state index in [2.05, 4.69) is 0 Å². The molecule has 0 aromatic carbocycles. The Balaban J connectivity index is 2.13. The summed E-state index contributed by atoms with van der Waals surface area (Å²) in [7, 11) is 3.58. The summed E-state index contributed by atoms with van der Waals surface area (Å²) < 4.78 is 18.0. The third-order valence-electron chi connectivity index (χ3n) is 2.04. The fourth-order valence-electron chi connectivity index (χ4n) is 1.39. The number of hydrogen-bond acceptors (Lipinski definition) is 3. The largest absolute Gasteiger partial charge is 0.484 e. The molecule has 0 radical (unpaired) electrons. The molecule has 1 aromatic rings. The second kappa shape index (κ2) is 3.30. The van der Waals surface area contributed by atoms with Crippen molar-refractivity contribution in [2.45, 2.75) is 6.10 Å². The second-order valence-corrected chi connectivity index (χ2v) is 3.10. The molecule has 13 heavy (non-hydrogen) atoms. The van der Waals surface area contributed by atoms with Gasteiger partial charge in [-0.1, -0.05) is 0 Å². The summed E-state index contributed by atoms with van der Waals surface area (Å²) >= 11 is 0. The van der Waals surface area contributed by atoms with E-state index in [-0.39, 0.29) is 6.10 Å². The lowest BCUT2D eigenvalue weighted by molar-refractivity contribution is 0.0222. The van der Waals surface area contributed by atoms with E-state index < -0.39 is 0 Å². The van der Waals surface area contributed by atoms with Crippen molar-refractivity contribution < 1.29 is 14.2 Å². The van der Waals surface area contributed by atoms with Crippen molar-refractivity contribution in [3.05, 3.63) is 12.3 Å². The lowest BCUT2D eigenvalue weighted by atomic mass is 10.3. The highest BCUT2D eigenvalue weighted by Gasteiger charge is 2.22. The Bertz CT molecular complexity index is 295. The van der Waals surface area contributed by atoms with Crippen molar-refractivity contribution in [2.24, 2.45) is 7.05 Å². The normalized spacial score (nSPS) is 20.3. The molecule has 1 aliphatic rings. The van der Waals surface area contributed by atoms with Gasteiger partial charge in [0, 0.05) is 26.4 Å². The molecule has 1 atom stereocenters. The molecular weight excluding hydrogens is 170 g/mol. The molecule has 0 aliphatic carbocycles. The Kier molecular flexibility index (Phi) is 2.14. The van der Waals surface area contributed by atoms with Crippen LogP contribution >= 0.6 is 0 Å². The zero-order chi connectivity index (χ0) is 9.26. The Morgan fingerprint density at radius 2 is 2.54 bits per heavy atom. The van der Waals surface area contributed by atoms with E-state index in [1.54, 1.807) is 7.11 Å². The van der Waals surface area contributed by atoms with Crippen LogP contribution in [0.25, 0.3) is 0 Å². The van der Waals surface area contributed by atoms with Crippen LogP contribution in [-0.4, -0.2) is 31.0 Å². The number of fused-ring (bicyclic) bond motifs is 1. The van der Waals surface area contributed by atoms with Gasteiger partial charge in [0.15, 0.2) is 11.9 Å². The van der Waals surface area contributed by atoms with Gasteiger partial charge >= 0.3 is 0 Å². The van der Waals surface area contributed by atoms with Crippen LogP contribution in [0, 0.1) is 0 Å². The fraction of sp³-hybridized carbons (Fsp3) is 0.556. The van der Waals surface area contributed by atoms with Gasteiger partial charge in [0.2, 0.25) is 5.88 Å². The first-order valence-electron chi connectivity index (χ1n) is 4.25. The Labute approximate surface area is 77.0 Å². The molecule has 4 nitrogen and oxygen atoms in total. The zero-order valence-corrected chi connectivity index (χ0v) is 7.82. The highest BCUT2D eigenvalue weighted by atomic mass is 16.6. The highest BCUT2D eigenvalue weighted by molar-refractivity contribution is 5.36. The number of rotatable bonds is 2.